The van der Waals surface area contributed by atoms with E-state index in [0.717, 1.165) is 6.54 Å². The Labute approximate surface area is 113 Å². The molecule has 0 saturated heterocycles. The van der Waals surface area contributed by atoms with E-state index < -0.39 is 0 Å². The first-order valence-corrected chi connectivity index (χ1v) is 6.85. The SMILES string of the molecule is CCN(c1nc(Cl)nc(N(C)C)n1)C1CCCC1. The van der Waals surface area contributed by atoms with Crippen molar-refractivity contribution in [2.24, 2.45) is 0 Å². The van der Waals surface area contributed by atoms with Gasteiger partial charge in [-0.15, -0.1) is 0 Å². The lowest BCUT2D eigenvalue weighted by atomic mass is 10.2. The van der Waals surface area contributed by atoms with E-state index >= 15 is 0 Å². The molecular formula is C12H20ClN5. The fourth-order valence-electron chi connectivity index (χ4n) is 2.44. The van der Waals surface area contributed by atoms with Crippen molar-refractivity contribution in [1.29, 1.82) is 0 Å². The largest absolute Gasteiger partial charge is 0.347 e. The molecule has 1 aromatic heterocycles. The molecule has 100 valence electrons. The molecule has 5 nitrogen and oxygen atoms in total. The van der Waals surface area contributed by atoms with E-state index in [9.17, 15) is 0 Å². The molecule has 0 unspecified atom stereocenters. The molecule has 0 radical (unpaired) electrons. The third-order valence-electron chi connectivity index (χ3n) is 3.35. The lowest BCUT2D eigenvalue weighted by Crippen LogP contribution is -2.35. The first-order valence-electron chi connectivity index (χ1n) is 6.47. The summed E-state index contributed by atoms with van der Waals surface area (Å²) in [6, 6.07) is 0.545. The molecule has 0 bridgehead atoms. The molecule has 1 aliphatic carbocycles. The second-order valence-electron chi connectivity index (χ2n) is 4.82. The zero-order valence-electron chi connectivity index (χ0n) is 11.2. The standard InChI is InChI=1S/C12H20ClN5/c1-4-18(9-7-5-6-8-9)12-15-10(13)14-11(16-12)17(2)3/h9H,4-8H2,1-3H3. The highest BCUT2D eigenvalue weighted by molar-refractivity contribution is 6.28. The monoisotopic (exact) mass is 269 g/mol. The molecule has 1 aliphatic rings. The zero-order valence-corrected chi connectivity index (χ0v) is 12.0. The molecule has 0 amide bonds. The average Bonchev–Trinajstić information content (AvgIpc) is 2.83. The minimum absolute atomic E-state index is 0.264. The highest BCUT2D eigenvalue weighted by atomic mass is 35.5. The van der Waals surface area contributed by atoms with Crippen molar-refractivity contribution >= 4 is 23.5 Å². The number of anilines is 2. The molecule has 1 saturated carbocycles. The minimum atomic E-state index is 0.264. The van der Waals surface area contributed by atoms with Gasteiger partial charge in [-0.05, 0) is 31.4 Å². The first kappa shape index (κ1) is 13.3. The Bertz CT molecular complexity index is 403. The minimum Gasteiger partial charge on any atom is -0.347 e. The summed E-state index contributed by atoms with van der Waals surface area (Å²) in [6.45, 7) is 3.03. The van der Waals surface area contributed by atoms with Gasteiger partial charge in [-0.25, -0.2) is 0 Å². The van der Waals surface area contributed by atoms with Crippen LogP contribution in [0.5, 0.6) is 0 Å². The molecule has 18 heavy (non-hydrogen) atoms. The number of aromatic nitrogens is 3. The molecule has 1 fully saturated rings. The van der Waals surface area contributed by atoms with Crippen LogP contribution in [0.15, 0.2) is 0 Å². The van der Waals surface area contributed by atoms with E-state index in [4.69, 9.17) is 11.6 Å². The van der Waals surface area contributed by atoms with Gasteiger partial charge in [0.25, 0.3) is 0 Å². The van der Waals surface area contributed by atoms with Crippen LogP contribution in [0.2, 0.25) is 5.28 Å². The summed E-state index contributed by atoms with van der Waals surface area (Å²) in [4.78, 5) is 17.0. The molecule has 2 rings (SSSR count). The maximum absolute atomic E-state index is 5.99. The molecule has 1 aromatic rings. The van der Waals surface area contributed by atoms with Crippen LogP contribution in [0.25, 0.3) is 0 Å². The van der Waals surface area contributed by atoms with Gasteiger partial charge in [0.2, 0.25) is 17.2 Å². The summed E-state index contributed by atoms with van der Waals surface area (Å²) >= 11 is 5.99. The fourth-order valence-corrected chi connectivity index (χ4v) is 2.59. The molecular weight excluding hydrogens is 250 g/mol. The Morgan fingerprint density at radius 3 is 2.28 bits per heavy atom. The summed E-state index contributed by atoms with van der Waals surface area (Å²) in [5, 5.41) is 0.264. The fraction of sp³-hybridized carbons (Fsp3) is 0.750. The summed E-state index contributed by atoms with van der Waals surface area (Å²) in [7, 11) is 3.81. The van der Waals surface area contributed by atoms with Crippen molar-refractivity contribution in [3.63, 3.8) is 0 Å². The van der Waals surface area contributed by atoms with Gasteiger partial charge in [-0.2, -0.15) is 15.0 Å². The Hall–Kier alpha value is -1.10. The summed E-state index contributed by atoms with van der Waals surface area (Å²) in [6.07, 6.45) is 5.02. The van der Waals surface area contributed by atoms with Crippen molar-refractivity contribution in [3.05, 3.63) is 5.28 Å². The Morgan fingerprint density at radius 2 is 1.72 bits per heavy atom. The Balaban J connectivity index is 2.29. The van der Waals surface area contributed by atoms with Crippen molar-refractivity contribution in [3.8, 4) is 0 Å². The van der Waals surface area contributed by atoms with Crippen LogP contribution in [0.4, 0.5) is 11.9 Å². The number of rotatable bonds is 4. The summed E-state index contributed by atoms with van der Waals surface area (Å²) in [5.74, 6) is 1.31. The van der Waals surface area contributed by atoms with Crippen molar-refractivity contribution in [2.75, 3.05) is 30.4 Å². The van der Waals surface area contributed by atoms with Crippen LogP contribution in [0.3, 0.4) is 0 Å². The van der Waals surface area contributed by atoms with E-state index in [-0.39, 0.29) is 5.28 Å². The topological polar surface area (TPSA) is 45.2 Å². The maximum Gasteiger partial charge on any atom is 0.231 e. The molecule has 0 N–H and O–H groups in total. The van der Waals surface area contributed by atoms with E-state index in [2.05, 4.69) is 26.8 Å². The van der Waals surface area contributed by atoms with E-state index in [0.29, 0.717) is 17.9 Å². The van der Waals surface area contributed by atoms with Crippen molar-refractivity contribution in [1.82, 2.24) is 15.0 Å². The van der Waals surface area contributed by atoms with Gasteiger partial charge in [0, 0.05) is 26.7 Å². The molecule has 0 spiro atoms. The van der Waals surface area contributed by atoms with Gasteiger partial charge in [0.05, 0.1) is 0 Å². The first-order chi connectivity index (χ1) is 8.61. The Kier molecular flexibility index (Phi) is 4.22. The van der Waals surface area contributed by atoms with Crippen LogP contribution in [-0.4, -0.2) is 41.6 Å². The van der Waals surface area contributed by atoms with Gasteiger partial charge in [-0.3, -0.25) is 0 Å². The third-order valence-corrected chi connectivity index (χ3v) is 3.52. The van der Waals surface area contributed by atoms with Crippen molar-refractivity contribution in [2.45, 2.75) is 38.6 Å². The predicted molar refractivity (Wildman–Crippen MR) is 74.4 cm³/mol. The molecule has 1 heterocycles. The average molecular weight is 270 g/mol. The van der Waals surface area contributed by atoms with Crippen molar-refractivity contribution < 1.29 is 0 Å². The van der Waals surface area contributed by atoms with Gasteiger partial charge in [-0.1, -0.05) is 12.8 Å². The maximum atomic E-state index is 5.99. The number of halogens is 1. The molecule has 6 heteroatoms. The van der Waals surface area contributed by atoms with Gasteiger partial charge < -0.3 is 9.80 Å². The Morgan fingerprint density at radius 1 is 1.11 bits per heavy atom. The zero-order chi connectivity index (χ0) is 13.1. The second kappa shape index (κ2) is 5.69. The molecule has 0 aromatic carbocycles. The highest BCUT2D eigenvalue weighted by Gasteiger charge is 2.24. The van der Waals surface area contributed by atoms with E-state index in [1.807, 2.05) is 19.0 Å². The van der Waals surface area contributed by atoms with Crippen LogP contribution < -0.4 is 9.80 Å². The van der Waals surface area contributed by atoms with Gasteiger partial charge in [0.1, 0.15) is 0 Å². The van der Waals surface area contributed by atoms with Gasteiger partial charge in [0.15, 0.2) is 0 Å². The van der Waals surface area contributed by atoms with E-state index in [1.165, 1.54) is 25.7 Å². The smallest absolute Gasteiger partial charge is 0.231 e. The molecule has 0 atom stereocenters. The summed E-state index contributed by atoms with van der Waals surface area (Å²) in [5.41, 5.74) is 0. The second-order valence-corrected chi connectivity index (χ2v) is 5.16. The number of hydrogen-bond acceptors (Lipinski definition) is 5. The predicted octanol–water partition coefficient (Wildman–Crippen LogP) is 2.36. The number of nitrogens with zero attached hydrogens (tertiary/aromatic N) is 5. The summed E-state index contributed by atoms with van der Waals surface area (Å²) < 4.78 is 0. The molecule has 0 aliphatic heterocycles. The highest BCUT2D eigenvalue weighted by Crippen LogP contribution is 2.27. The normalized spacial score (nSPS) is 16.0. The van der Waals surface area contributed by atoms with Gasteiger partial charge >= 0.3 is 0 Å². The lowest BCUT2D eigenvalue weighted by Gasteiger charge is -2.28. The number of hydrogen-bond donors (Lipinski definition) is 0. The third kappa shape index (κ3) is 2.83. The lowest BCUT2D eigenvalue weighted by molar-refractivity contribution is 0.603. The van der Waals surface area contributed by atoms with Crippen LogP contribution >= 0.6 is 11.6 Å². The van der Waals surface area contributed by atoms with E-state index in [1.54, 1.807) is 0 Å². The van der Waals surface area contributed by atoms with Crippen LogP contribution in [-0.2, 0) is 0 Å². The van der Waals surface area contributed by atoms with Crippen LogP contribution in [0, 0.1) is 0 Å². The quantitative estimate of drug-likeness (QED) is 0.840. The van der Waals surface area contributed by atoms with Crippen LogP contribution in [0.1, 0.15) is 32.6 Å².